The Balaban J connectivity index is 1.47. The van der Waals surface area contributed by atoms with Gasteiger partial charge in [0, 0.05) is 11.6 Å². The van der Waals surface area contributed by atoms with Crippen LogP contribution in [0.3, 0.4) is 0 Å². The van der Waals surface area contributed by atoms with E-state index >= 15 is 0 Å². The lowest BCUT2D eigenvalue weighted by Gasteiger charge is -2.11. The van der Waals surface area contributed by atoms with Crippen LogP contribution in [0.25, 0.3) is 17.0 Å². The first-order valence-electron chi connectivity index (χ1n) is 9.61. The molecule has 0 atom stereocenters. The maximum atomic E-state index is 12.2. The number of carbonyl (C=O) groups excluding carboxylic acids is 1. The van der Waals surface area contributed by atoms with Crippen LogP contribution in [0.15, 0.2) is 41.4 Å². The van der Waals surface area contributed by atoms with Crippen LogP contribution in [0.4, 0.5) is 0 Å². The van der Waals surface area contributed by atoms with E-state index in [0.717, 1.165) is 29.2 Å². The highest BCUT2D eigenvalue weighted by atomic mass is 32.2. The van der Waals surface area contributed by atoms with Gasteiger partial charge in [0.25, 0.3) is 0 Å². The highest BCUT2D eigenvalue weighted by molar-refractivity contribution is 7.99. The van der Waals surface area contributed by atoms with Gasteiger partial charge in [-0.25, -0.2) is 0 Å². The van der Waals surface area contributed by atoms with Crippen molar-refractivity contribution < 1.29 is 9.53 Å². The van der Waals surface area contributed by atoms with Crippen molar-refractivity contribution in [1.82, 2.24) is 25.1 Å². The minimum absolute atomic E-state index is 0.0642. The summed E-state index contributed by atoms with van der Waals surface area (Å²) < 4.78 is 7.20. The quantitative estimate of drug-likeness (QED) is 0.616. The number of aromatic nitrogens is 4. The maximum absolute atomic E-state index is 12.2. The Morgan fingerprint density at radius 3 is 2.71 bits per heavy atom. The summed E-state index contributed by atoms with van der Waals surface area (Å²) in [7, 11) is 0. The molecule has 1 aromatic carbocycles. The van der Waals surface area contributed by atoms with Gasteiger partial charge in [0.1, 0.15) is 10.8 Å². The van der Waals surface area contributed by atoms with Crippen molar-refractivity contribution in [3.05, 3.63) is 36.4 Å². The molecule has 0 aliphatic heterocycles. The van der Waals surface area contributed by atoms with Crippen LogP contribution in [-0.4, -0.2) is 44.1 Å². The third-order valence-corrected chi connectivity index (χ3v) is 5.65. The Morgan fingerprint density at radius 2 is 1.96 bits per heavy atom. The van der Waals surface area contributed by atoms with E-state index in [4.69, 9.17) is 4.74 Å². The van der Waals surface area contributed by atoms with Crippen LogP contribution >= 0.6 is 11.8 Å². The summed E-state index contributed by atoms with van der Waals surface area (Å²) in [5.74, 6) is 1.90. The van der Waals surface area contributed by atoms with Gasteiger partial charge >= 0.3 is 0 Å². The lowest BCUT2D eigenvalue weighted by molar-refractivity contribution is -0.119. The van der Waals surface area contributed by atoms with Gasteiger partial charge in [-0.15, -0.1) is 10.2 Å². The lowest BCUT2D eigenvalue weighted by atomic mass is 10.2. The predicted molar refractivity (Wildman–Crippen MR) is 109 cm³/mol. The number of thioether (sulfide) groups is 1. The number of hydrogen-bond acceptors (Lipinski definition) is 6. The number of nitrogens with zero attached hydrogens (tertiary/aromatic N) is 4. The minimum atomic E-state index is 0.0642. The molecule has 1 fully saturated rings. The highest BCUT2D eigenvalue weighted by Gasteiger charge is 2.17. The van der Waals surface area contributed by atoms with Crippen LogP contribution in [0.2, 0.25) is 0 Å². The van der Waals surface area contributed by atoms with Gasteiger partial charge in [0.2, 0.25) is 5.91 Å². The van der Waals surface area contributed by atoms with Gasteiger partial charge in [-0.05, 0) is 56.2 Å². The molecule has 146 valence electrons. The maximum Gasteiger partial charge on any atom is 0.230 e. The normalized spacial score (nSPS) is 14.5. The van der Waals surface area contributed by atoms with Crippen LogP contribution in [0.1, 0.15) is 32.6 Å². The van der Waals surface area contributed by atoms with Gasteiger partial charge in [0.15, 0.2) is 11.5 Å². The molecule has 1 aliphatic carbocycles. The monoisotopic (exact) mass is 397 g/mol. The summed E-state index contributed by atoms with van der Waals surface area (Å²) in [5, 5.41) is 16.9. The average molecular weight is 398 g/mol. The van der Waals surface area contributed by atoms with E-state index in [-0.39, 0.29) is 5.91 Å². The number of rotatable bonds is 7. The third-order valence-electron chi connectivity index (χ3n) is 4.73. The zero-order valence-corrected chi connectivity index (χ0v) is 16.6. The highest BCUT2D eigenvalue weighted by Crippen LogP contribution is 2.23. The Morgan fingerprint density at radius 1 is 1.18 bits per heavy atom. The van der Waals surface area contributed by atoms with Crippen molar-refractivity contribution in [3.63, 3.8) is 0 Å². The standard InChI is InChI=1S/C20H23N5O2S/c1-2-27-16-9-7-14(8-10-16)20-23-22-17-11-12-19(24-25(17)20)28-13-18(26)21-15-5-3-4-6-15/h7-12,15H,2-6,13H2,1H3,(H,21,26). The lowest BCUT2D eigenvalue weighted by Crippen LogP contribution is -2.33. The topological polar surface area (TPSA) is 81.4 Å². The summed E-state index contributed by atoms with van der Waals surface area (Å²) in [6.07, 6.45) is 4.59. The molecule has 0 radical (unpaired) electrons. The van der Waals surface area contributed by atoms with Gasteiger partial charge in [-0.3, -0.25) is 4.79 Å². The first-order chi connectivity index (χ1) is 13.7. The number of ether oxygens (including phenoxy) is 1. The van der Waals surface area contributed by atoms with E-state index < -0.39 is 0 Å². The molecule has 7 nitrogen and oxygen atoms in total. The Labute approximate surface area is 167 Å². The van der Waals surface area contributed by atoms with Gasteiger partial charge in [-0.2, -0.15) is 9.61 Å². The summed E-state index contributed by atoms with van der Waals surface area (Å²) in [6.45, 7) is 2.58. The molecular weight excluding hydrogens is 374 g/mol. The molecule has 0 bridgehead atoms. The second-order valence-electron chi connectivity index (χ2n) is 6.76. The summed E-state index contributed by atoms with van der Waals surface area (Å²) >= 11 is 1.42. The molecule has 1 saturated carbocycles. The van der Waals surface area contributed by atoms with E-state index in [1.165, 1.54) is 24.6 Å². The van der Waals surface area contributed by atoms with Gasteiger partial charge in [-0.1, -0.05) is 24.6 Å². The molecule has 3 aromatic rings. The molecule has 1 N–H and O–H groups in total. The van der Waals surface area contributed by atoms with Crippen LogP contribution in [0, 0.1) is 0 Å². The number of fused-ring (bicyclic) bond motifs is 1. The summed E-state index contributed by atoms with van der Waals surface area (Å²) in [5.41, 5.74) is 1.58. The Bertz CT molecular complexity index is 951. The van der Waals surface area contributed by atoms with Gasteiger partial charge < -0.3 is 10.1 Å². The minimum Gasteiger partial charge on any atom is -0.494 e. The number of hydrogen-bond donors (Lipinski definition) is 1. The second-order valence-corrected chi connectivity index (χ2v) is 7.76. The number of carbonyl (C=O) groups is 1. The molecular formula is C20H23N5O2S. The van der Waals surface area contributed by atoms with Crippen molar-refractivity contribution in [2.24, 2.45) is 0 Å². The summed E-state index contributed by atoms with van der Waals surface area (Å²) in [6, 6.07) is 11.8. The number of amides is 1. The first-order valence-corrected chi connectivity index (χ1v) is 10.6. The van der Waals surface area contributed by atoms with Crippen molar-refractivity contribution in [3.8, 4) is 17.1 Å². The molecule has 28 heavy (non-hydrogen) atoms. The fraction of sp³-hybridized carbons (Fsp3) is 0.400. The molecule has 2 aromatic heterocycles. The number of benzene rings is 1. The SMILES string of the molecule is CCOc1ccc(-c2nnc3ccc(SCC(=O)NC4CCCC4)nn23)cc1. The Hall–Kier alpha value is -2.61. The van der Waals surface area contributed by atoms with Crippen molar-refractivity contribution in [2.75, 3.05) is 12.4 Å². The molecule has 4 rings (SSSR count). The zero-order chi connectivity index (χ0) is 19.3. The molecule has 8 heteroatoms. The molecule has 0 spiro atoms. The molecule has 0 unspecified atom stereocenters. The Kier molecular flexibility index (Phi) is 5.76. The largest absolute Gasteiger partial charge is 0.494 e. The van der Waals surface area contributed by atoms with E-state index in [1.54, 1.807) is 4.52 Å². The smallest absolute Gasteiger partial charge is 0.230 e. The van der Waals surface area contributed by atoms with E-state index in [1.807, 2.05) is 43.3 Å². The van der Waals surface area contributed by atoms with Crippen LogP contribution in [0.5, 0.6) is 5.75 Å². The third kappa shape index (κ3) is 4.27. The van der Waals surface area contributed by atoms with Crippen LogP contribution in [-0.2, 0) is 4.79 Å². The molecule has 1 aliphatic rings. The van der Waals surface area contributed by atoms with E-state index in [0.29, 0.717) is 29.9 Å². The van der Waals surface area contributed by atoms with Crippen LogP contribution < -0.4 is 10.1 Å². The van der Waals surface area contributed by atoms with Crippen molar-refractivity contribution >= 4 is 23.3 Å². The van der Waals surface area contributed by atoms with E-state index in [2.05, 4.69) is 20.6 Å². The molecule has 1 amide bonds. The fourth-order valence-electron chi connectivity index (χ4n) is 3.37. The van der Waals surface area contributed by atoms with Gasteiger partial charge in [0.05, 0.1) is 12.4 Å². The van der Waals surface area contributed by atoms with E-state index in [9.17, 15) is 4.79 Å². The zero-order valence-electron chi connectivity index (χ0n) is 15.8. The number of nitrogens with one attached hydrogen (secondary N) is 1. The average Bonchev–Trinajstić information content (AvgIpc) is 3.37. The first kappa shape index (κ1) is 18.7. The molecule has 2 heterocycles. The molecule has 0 saturated heterocycles. The summed E-state index contributed by atoms with van der Waals surface area (Å²) in [4.78, 5) is 12.2. The van der Waals surface area contributed by atoms with Crippen molar-refractivity contribution in [1.29, 1.82) is 0 Å². The predicted octanol–water partition coefficient (Wildman–Crippen LogP) is 3.34. The fourth-order valence-corrected chi connectivity index (χ4v) is 4.04. The second kappa shape index (κ2) is 8.60. The van der Waals surface area contributed by atoms with Crippen molar-refractivity contribution in [2.45, 2.75) is 43.7 Å².